The average Bonchev–Trinajstić information content (AvgIpc) is 2.54. The van der Waals surface area contributed by atoms with Gasteiger partial charge in [-0.15, -0.1) is 0 Å². The van der Waals surface area contributed by atoms with Crippen LogP contribution < -0.4 is 16.0 Å². The van der Waals surface area contributed by atoms with Gasteiger partial charge in [0.05, 0.1) is 5.41 Å². The monoisotopic (exact) mass is 351 g/mol. The van der Waals surface area contributed by atoms with E-state index in [1.807, 2.05) is 50.2 Å². The van der Waals surface area contributed by atoms with E-state index >= 15 is 0 Å². The summed E-state index contributed by atoms with van der Waals surface area (Å²) in [5, 5.41) is 8.36. The van der Waals surface area contributed by atoms with Gasteiger partial charge in [-0.05, 0) is 67.6 Å². The number of aryl methyl sites for hydroxylation is 2. The van der Waals surface area contributed by atoms with Gasteiger partial charge in [-0.25, -0.2) is 4.79 Å². The van der Waals surface area contributed by atoms with Crippen molar-refractivity contribution in [1.82, 2.24) is 5.32 Å². The van der Waals surface area contributed by atoms with E-state index in [4.69, 9.17) is 0 Å². The molecule has 1 saturated carbocycles. The lowest BCUT2D eigenvalue weighted by molar-refractivity contribution is -0.124. The highest BCUT2D eigenvalue weighted by Crippen LogP contribution is 2.45. The molecule has 2 aromatic rings. The van der Waals surface area contributed by atoms with E-state index < -0.39 is 5.41 Å². The van der Waals surface area contributed by atoms with Crippen molar-refractivity contribution in [3.8, 4) is 0 Å². The SMILES string of the molecule is CNC(=O)Nc1ccc(C2(C(=O)Nc3cc(C)cc(C)c3)CCC2)cc1. The van der Waals surface area contributed by atoms with Gasteiger partial charge in [0, 0.05) is 18.4 Å². The summed E-state index contributed by atoms with van der Waals surface area (Å²) < 4.78 is 0. The molecule has 0 radical (unpaired) electrons. The number of urea groups is 1. The summed E-state index contributed by atoms with van der Waals surface area (Å²) in [6, 6.07) is 13.4. The summed E-state index contributed by atoms with van der Waals surface area (Å²) in [7, 11) is 1.57. The largest absolute Gasteiger partial charge is 0.341 e. The van der Waals surface area contributed by atoms with Crippen LogP contribution in [0, 0.1) is 13.8 Å². The van der Waals surface area contributed by atoms with E-state index in [9.17, 15) is 9.59 Å². The van der Waals surface area contributed by atoms with Gasteiger partial charge in [0.2, 0.25) is 5.91 Å². The first-order chi connectivity index (χ1) is 12.4. The minimum atomic E-state index is -0.483. The molecule has 0 spiro atoms. The van der Waals surface area contributed by atoms with Crippen LogP contribution in [0.3, 0.4) is 0 Å². The maximum Gasteiger partial charge on any atom is 0.318 e. The first kappa shape index (κ1) is 18.0. The van der Waals surface area contributed by atoms with Gasteiger partial charge in [-0.2, -0.15) is 0 Å². The summed E-state index contributed by atoms with van der Waals surface area (Å²) in [4.78, 5) is 24.5. The van der Waals surface area contributed by atoms with Gasteiger partial charge < -0.3 is 16.0 Å². The number of amides is 3. The van der Waals surface area contributed by atoms with Crippen LogP contribution in [0.2, 0.25) is 0 Å². The molecule has 26 heavy (non-hydrogen) atoms. The second-order valence-corrected chi connectivity index (χ2v) is 7.05. The highest BCUT2D eigenvalue weighted by atomic mass is 16.2. The van der Waals surface area contributed by atoms with Crippen LogP contribution in [-0.4, -0.2) is 19.0 Å². The molecule has 0 unspecified atom stereocenters. The Morgan fingerprint density at radius 3 is 2.00 bits per heavy atom. The van der Waals surface area contributed by atoms with Crippen molar-refractivity contribution >= 4 is 23.3 Å². The van der Waals surface area contributed by atoms with Gasteiger partial charge >= 0.3 is 6.03 Å². The molecule has 0 saturated heterocycles. The molecule has 0 bridgehead atoms. The summed E-state index contributed by atoms with van der Waals surface area (Å²) in [6.07, 6.45) is 2.72. The van der Waals surface area contributed by atoms with E-state index in [1.165, 1.54) is 0 Å². The molecule has 1 aliphatic carbocycles. The molecular formula is C21H25N3O2. The van der Waals surface area contributed by atoms with Crippen molar-refractivity contribution in [2.24, 2.45) is 0 Å². The lowest BCUT2D eigenvalue weighted by Crippen LogP contribution is -2.46. The Morgan fingerprint density at radius 2 is 1.50 bits per heavy atom. The van der Waals surface area contributed by atoms with Crippen LogP contribution in [0.1, 0.15) is 36.0 Å². The number of rotatable bonds is 4. The first-order valence-corrected chi connectivity index (χ1v) is 8.92. The third-order valence-electron chi connectivity index (χ3n) is 5.04. The number of benzene rings is 2. The summed E-state index contributed by atoms with van der Waals surface area (Å²) in [6.45, 7) is 4.06. The number of hydrogen-bond donors (Lipinski definition) is 3. The third kappa shape index (κ3) is 3.57. The number of carbonyl (C=O) groups is 2. The molecule has 3 rings (SSSR count). The van der Waals surface area contributed by atoms with Crippen molar-refractivity contribution < 1.29 is 9.59 Å². The highest BCUT2D eigenvalue weighted by molar-refractivity contribution is 6.00. The number of carbonyl (C=O) groups excluding carboxylic acids is 2. The average molecular weight is 351 g/mol. The lowest BCUT2D eigenvalue weighted by Gasteiger charge is -2.40. The molecular weight excluding hydrogens is 326 g/mol. The van der Waals surface area contributed by atoms with E-state index in [2.05, 4.69) is 22.0 Å². The Hall–Kier alpha value is -2.82. The predicted molar refractivity (Wildman–Crippen MR) is 105 cm³/mol. The maximum absolute atomic E-state index is 13.1. The van der Waals surface area contributed by atoms with Gasteiger partial charge in [-0.1, -0.05) is 24.6 Å². The fourth-order valence-corrected chi connectivity index (χ4v) is 3.54. The van der Waals surface area contributed by atoms with Crippen molar-refractivity contribution in [1.29, 1.82) is 0 Å². The fraction of sp³-hybridized carbons (Fsp3) is 0.333. The second kappa shape index (κ2) is 7.20. The van der Waals surface area contributed by atoms with Crippen molar-refractivity contribution in [2.45, 2.75) is 38.5 Å². The number of hydrogen-bond acceptors (Lipinski definition) is 2. The Balaban J connectivity index is 1.79. The van der Waals surface area contributed by atoms with Gasteiger partial charge in [0.25, 0.3) is 0 Å². The fourth-order valence-electron chi connectivity index (χ4n) is 3.54. The molecule has 0 atom stereocenters. The zero-order valence-electron chi connectivity index (χ0n) is 15.5. The highest BCUT2D eigenvalue weighted by Gasteiger charge is 2.45. The van der Waals surface area contributed by atoms with Crippen LogP contribution in [0.5, 0.6) is 0 Å². The minimum absolute atomic E-state index is 0.0424. The summed E-state index contributed by atoms with van der Waals surface area (Å²) in [5.41, 5.74) is 4.32. The van der Waals surface area contributed by atoms with Gasteiger partial charge in [0.1, 0.15) is 0 Å². The van der Waals surface area contributed by atoms with Crippen LogP contribution in [0.15, 0.2) is 42.5 Å². The van der Waals surface area contributed by atoms with Crippen LogP contribution in [-0.2, 0) is 10.2 Å². The van der Waals surface area contributed by atoms with E-state index in [-0.39, 0.29) is 11.9 Å². The quantitative estimate of drug-likeness (QED) is 0.775. The summed E-state index contributed by atoms with van der Waals surface area (Å²) >= 11 is 0. The zero-order chi connectivity index (χ0) is 18.7. The smallest absolute Gasteiger partial charge is 0.318 e. The molecule has 5 heteroatoms. The molecule has 0 aliphatic heterocycles. The van der Waals surface area contributed by atoms with Crippen molar-refractivity contribution in [3.05, 3.63) is 59.2 Å². The number of anilines is 2. The second-order valence-electron chi connectivity index (χ2n) is 7.05. The molecule has 2 aromatic carbocycles. The minimum Gasteiger partial charge on any atom is -0.341 e. The molecule has 136 valence electrons. The Kier molecular flexibility index (Phi) is 4.98. The molecule has 1 fully saturated rings. The van der Waals surface area contributed by atoms with Gasteiger partial charge in [-0.3, -0.25) is 4.79 Å². The number of nitrogens with one attached hydrogen (secondary N) is 3. The lowest BCUT2D eigenvalue weighted by atomic mass is 9.63. The first-order valence-electron chi connectivity index (χ1n) is 8.92. The Bertz CT molecular complexity index is 803. The predicted octanol–water partition coefficient (Wildman–Crippen LogP) is 4.12. The molecule has 3 amide bonds. The Labute approximate surface area is 154 Å². The van der Waals surface area contributed by atoms with E-state index in [0.717, 1.165) is 41.6 Å². The van der Waals surface area contributed by atoms with Crippen LogP contribution in [0.25, 0.3) is 0 Å². The summed E-state index contributed by atoms with van der Waals surface area (Å²) in [5.74, 6) is 0.0424. The normalized spacial score (nSPS) is 14.9. The van der Waals surface area contributed by atoms with Crippen molar-refractivity contribution in [3.63, 3.8) is 0 Å². The van der Waals surface area contributed by atoms with Crippen LogP contribution >= 0.6 is 0 Å². The standard InChI is InChI=1S/C21H25N3O2/c1-14-11-15(2)13-18(12-14)23-19(25)21(9-4-10-21)16-5-7-17(8-6-16)24-20(26)22-3/h5-8,11-13H,4,9-10H2,1-3H3,(H,23,25)(H2,22,24,26). The molecule has 5 nitrogen and oxygen atoms in total. The topological polar surface area (TPSA) is 70.2 Å². The van der Waals surface area contributed by atoms with E-state index in [0.29, 0.717) is 5.69 Å². The molecule has 3 N–H and O–H groups in total. The van der Waals surface area contributed by atoms with E-state index in [1.54, 1.807) is 7.05 Å². The zero-order valence-corrected chi connectivity index (χ0v) is 15.5. The van der Waals surface area contributed by atoms with Crippen molar-refractivity contribution in [2.75, 3.05) is 17.7 Å². The van der Waals surface area contributed by atoms with Crippen LogP contribution in [0.4, 0.5) is 16.2 Å². The Morgan fingerprint density at radius 1 is 0.885 bits per heavy atom. The third-order valence-corrected chi connectivity index (χ3v) is 5.04. The molecule has 0 heterocycles. The maximum atomic E-state index is 13.1. The molecule has 1 aliphatic rings. The molecule has 0 aromatic heterocycles. The van der Waals surface area contributed by atoms with Gasteiger partial charge in [0.15, 0.2) is 0 Å².